The number of nitrogens with zero attached hydrogens (tertiary/aromatic N) is 5. The molecule has 1 atom stereocenters. The van der Waals surface area contributed by atoms with E-state index in [1.165, 1.54) is 21.2 Å². The van der Waals surface area contributed by atoms with E-state index in [0.29, 0.717) is 11.3 Å². The van der Waals surface area contributed by atoms with Gasteiger partial charge in [0, 0.05) is 58.8 Å². The molecular weight excluding hydrogens is 619 g/mol. The van der Waals surface area contributed by atoms with Crippen molar-refractivity contribution < 1.29 is 14.6 Å². The summed E-state index contributed by atoms with van der Waals surface area (Å²) >= 11 is 1.71. The first-order valence-corrected chi connectivity index (χ1v) is 17.8. The highest BCUT2D eigenvalue weighted by atomic mass is 32.1. The van der Waals surface area contributed by atoms with Crippen molar-refractivity contribution in [3.05, 3.63) is 76.9 Å². The molecule has 2 aliphatic heterocycles. The zero-order chi connectivity index (χ0) is 34.0. The second kappa shape index (κ2) is 12.1. The molecule has 1 fully saturated rings. The van der Waals surface area contributed by atoms with Gasteiger partial charge < -0.3 is 19.6 Å². The number of benzene rings is 2. The Hall–Kier alpha value is -4.08. The fourth-order valence-electron chi connectivity index (χ4n) is 7.42. The molecule has 0 saturated carbocycles. The number of hydrogen-bond donors (Lipinski definition) is 1. The average Bonchev–Trinajstić information content (AvgIpc) is 3.42. The quantitative estimate of drug-likeness (QED) is 0.193. The van der Waals surface area contributed by atoms with Gasteiger partial charge in [0.05, 0.1) is 16.7 Å². The molecule has 2 aliphatic rings. The molecule has 0 amide bonds. The summed E-state index contributed by atoms with van der Waals surface area (Å²) in [6.45, 7) is 17.6. The summed E-state index contributed by atoms with van der Waals surface area (Å²) in [5.74, 6) is -0.00440. The molecule has 5 aromatic rings. The number of pyridine rings is 1. The highest BCUT2D eigenvalue weighted by Gasteiger charge is 2.37. The van der Waals surface area contributed by atoms with Crippen LogP contribution in [0.25, 0.3) is 31.4 Å². The van der Waals surface area contributed by atoms with Gasteiger partial charge in [-0.05, 0) is 82.1 Å². The highest BCUT2D eigenvalue weighted by molar-refractivity contribution is 7.25. The van der Waals surface area contributed by atoms with Crippen LogP contribution in [0.3, 0.4) is 0 Å². The Bertz CT molecular complexity index is 2040. The molecule has 0 aliphatic carbocycles. The van der Waals surface area contributed by atoms with Crippen LogP contribution in [0.5, 0.6) is 0 Å². The van der Waals surface area contributed by atoms with Crippen molar-refractivity contribution in [2.24, 2.45) is 5.41 Å². The number of anilines is 2. The number of hydrogen-bond acceptors (Lipinski definition) is 8. The van der Waals surface area contributed by atoms with Gasteiger partial charge in [-0.3, -0.25) is 4.98 Å². The van der Waals surface area contributed by atoms with E-state index < -0.39 is 17.7 Å². The van der Waals surface area contributed by atoms with Crippen LogP contribution in [-0.2, 0) is 22.5 Å². The van der Waals surface area contributed by atoms with Gasteiger partial charge in [0.15, 0.2) is 6.10 Å². The summed E-state index contributed by atoms with van der Waals surface area (Å²) < 4.78 is 7.51. The highest BCUT2D eigenvalue weighted by Crippen LogP contribution is 2.46. The van der Waals surface area contributed by atoms with Crippen LogP contribution in [0, 0.1) is 19.3 Å². The summed E-state index contributed by atoms with van der Waals surface area (Å²) in [4.78, 5) is 33.1. The third-order valence-corrected chi connectivity index (χ3v) is 11.0. The maximum absolute atomic E-state index is 12.9. The lowest BCUT2D eigenvalue weighted by Crippen LogP contribution is -2.39. The lowest BCUT2D eigenvalue weighted by atomic mass is 9.81. The first-order chi connectivity index (χ1) is 22.8. The zero-order valence-electron chi connectivity index (χ0n) is 29.1. The minimum absolute atomic E-state index is 0.240. The molecule has 0 spiro atoms. The van der Waals surface area contributed by atoms with E-state index >= 15 is 0 Å². The fourth-order valence-corrected chi connectivity index (χ4v) is 8.46. The second-order valence-electron chi connectivity index (χ2n) is 15.2. The number of piperidine rings is 1. The molecule has 9 heteroatoms. The van der Waals surface area contributed by atoms with Gasteiger partial charge in [-0.2, -0.15) is 0 Å². The Morgan fingerprint density at radius 1 is 0.979 bits per heavy atom. The van der Waals surface area contributed by atoms with Crippen molar-refractivity contribution in [1.82, 2.24) is 15.0 Å². The number of rotatable bonds is 6. The first-order valence-electron chi connectivity index (χ1n) is 17.0. The van der Waals surface area contributed by atoms with Gasteiger partial charge in [0.1, 0.15) is 17.0 Å². The maximum Gasteiger partial charge on any atom is 0.337 e. The third kappa shape index (κ3) is 6.03. The number of fused-ring (bicyclic) bond motifs is 4. The molecule has 7 rings (SSSR count). The Balaban J connectivity index is 1.31. The summed E-state index contributed by atoms with van der Waals surface area (Å²) in [6.07, 6.45) is 3.48. The van der Waals surface area contributed by atoms with E-state index in [1.54, 1.807) is 17.7 Å². The summed E-state index contributed by atoms with van der Waals surface area (Å²) in [5.41, 5.74) is 7.48. The smallest absolute Gasteiger partial charge is 0.337 e. The van der Waals surface area contributed by atoms with Gasteiger partial charge in [-0.25, -0.2) is 14.8 Å². The molecule has 0 bridgehead atoms. The molecule has 1 N–H and O–H groups in total. The SMILES string of the molecule is Cc1nc(C)c([C@H](OC(C)(C)C)C(=O)O)c(N2CCC(C)(C)CC2)c1-c1ccc2c(c1)CCN(c1ncnc3sc4ccccc4c13)C2. The summed E-state index contributed by atoms with van der Waals surface area (Å²) in [6, 6.07) is 15.2. The van der Waals surface area contributed by atoms with Crippen LogP contribution in [0.2, 0.25) is 0 Å². The Morgan fingerprint density at radius 3 is 2.46 bits per heavy atom. The van der Waals surface area contributed by atoms with E-state index in [-0.39, 0.29) is 5.41 Å². The standard InChI is InChI=1S/C39H45N5O3S/c1-23-30(33(43-18-15-39(6,7)16-19-43)31(24(2)42-23)34(37(45)46)47-38(3,4)5)26-12-13-27-21-44(17-14-25(27)20-26)35-32-28-10-8-9-11-29(28)48-36(32)41-22-40-35/h8-13,20,22,34H,14-19,21H2,1-7H3,(H,45,46)/t34-/m0/s1. The van der Waals surface area contributed by atoms with Crippen molar-refractivity contribution in [3.8, 4) is 11.1 Å². The van der Waals surface area contributed by atoms with E-state index in [9.17, 15) is 9.90 Å². The van der Waals surface area contributed by atoms with E-state index in [0.717, 1.165) is 84.0 Å². The molecule has 0 radical (unpaired) electrons. The molecule has 1 saturated heterocycles. The van der Waals surface area contributed by atoms with Crippen molar-refractivity contribution in [1.29, 1.82) is 0 Å². The molecule has 2 aromatic carbocycles. The van der Waals surface area contributed by atoms with Crippen LogP contribution in [0.1, 0.15) is 81.6 Å². The van der Waals surface area contributed by atoms with Gasteiger partial charge in [-0.1, -0.05) is 50.2 Å². The summed E-state index contributed by atoms with van der Waals surface area (Å²) in [7, 11) is 0. The van der Waals surface area contributed by atoms with Crippen LogP contribution in [-0.4, -0.2) is 51.3 Å². The number of ether oxygens (including phenoxy) is 1. The monoisotopic (exact) mass is 663 g/mol. The Kier molecular flexibility index (Phi) is 8.19. The number of aliphatic carboxylic acids is 1. The number of aromatic nitrogens is 3. The normalized spacial score (nSPS) is 17.1. The number of carboxylic acids is 1. The van der Waals surface area contributed by atoms with Gasteiger partial charge >= 0.3 is 5.97 Å². The van der Waals surface area contributed by atoms with Crippen LogP contribution >= 0.6 is 11.3 Å². The maximum atomic E-state index is 12.9. The van der Waals surface area contributed by atoms with Crippen LogP contribution < -0.4 is 9.80 Å². The largest absolute Gasteiger partial charge is 0.479 e. The number of carbonyl (C=O) groups is 1. The van der Waals surface area contributed by atoms with E-state index in [2.05, 4.69) is 78.0 Å². The van der Waals surface area contributed by atoms with Crippen molar-refractivity contribution >= 4 is 49.1 Å². The van der Waals surface area contributed by atoms with Gasteiger partial charge in [0.25, 0.3) is 0 Å². The predicted molar refractivity (Wildman–Crippen MR) is 195 cm³/mol. The molecular formula is C39H45N5O3S. The van der Waals surface area contributed by atoms with E-state index in [1.807, 2.05) is 27.7 Å². The molecule has 5 heterocycles. The lowest BCUT2D eigenvalue weighted by Gasteiger charge is -2.41. The molecule has 8 nitrogen and oxygen atoms in total. The van der Waals surface area contributed by atoms with Crippen molar-refractivity contribution in [2.45, 2.75) is 86.0 Å². The fraction of sp³-hybridized carbons (Fsp3) is 0.436. The third-order valence-electron chi connectivity index (χ3n) is 9.93. The predicted octanol–water partition coefficient (Wildman–Crippen LogP) is 8.65. The number of thiophene rings is 1. The molecule has 3 aromatic heterocycles. The van der Waals surface area contributed by atoms with Crippen molar-refractivity contribution in [2.75, 3.05) is 29.4 Å². The minimum Gasteiger partial charge on any atom is -0.479 e. The van der Waals surface area contributed by atoms with Crippen LogP contribution in [0.15, 0.2) is 48.8 Å². The average molecular weight is 664 g/mol. The topological polar surface area (TPSA) is 91.7 Å². The molecule has 0 unspecified atom stereocenters. The first kappa shape index (κ1) is 32.5. The summed E-state index contributed by atoms with van der Waals surface area (Å²) in [5, 5.41) is 12.9. The van der Waals surface area contributed by atoms with Gasteiger partial charge in [0.2, 0.25) is 0 Å². The molecule has 48 heavy (non-hydrogen) atoms. The second-order valence-corrected chi connectivity index (χ2v) is 16.2. The van der Waals surface area contributed by atoms with Crippen molar-refractivity contribution in [3.63, 3.8) is 0 Å². The van der Waals surface area contributed by atoms with Gasteiger partial charge in [-0.15, -0.1) is 11.3 Å². The Labute approximate surface area is 286 Å². The van der Waals surface area contributed by atoms with E-state index in [4.69, 9.17) is 14.7 Å². The number of carboxylic acid groups (broad SMARTS) is 1. The zero-order valence-corrected chi connectivity index (χ0v) is 29.9. The van der Waals surface area contributed by atoms with Crippen LogP contribution in [0.4, 0.5) is 11.5 Å². The Morgan fingerprint density at radius 2 is 1.73 bits per heavy atom. The number of aryl methyl sites for hydroxylation is 2. The minimum atomic E-state index is -1.13. The lowest BCUT2D eigenvalue weighted by molar-refractivity contribution is -0.160. The molecule has 250 valence electrons.